The zero-order valence-electron chi connectivity index (χ0n) is 15.3. The first-order valence-corrected chi connectivity index (χ1v) is 9.22. The zero-order chi connectivity index (χ0) is 18.0. The Morgan fingerprint density at radius 2 is 2.04 bits per heavy atom. The molecule has 24 heavy (non-hydrogen) atoms. The van der Waals surface area contributed by atoms with E-state index in [4.69, 9.17) is 5.73 Å². The summed E-state index contributed by atoms with van der Waals surface area (Å²) in [5.74, 6) is 1.05. The highest BCUT2D eigenvalue weighted by Gasteiger charge is 2.23. The number of allylic oxidation sites excluding steroid dienone is 1. The average molecular weight is 343 g/mol. The number of hydrogen-bond donors (Lipinski definition) is 2. The van der Waals surface area contributed by atoms with Crippen molar-refractivity contribution in [3.63, 3.8) is 0 Å². The van der Waals surface area contributed by atoms with Gasteiger partial charge in [0.2, 0.25) is 0 Å². The molecule has 0 saturated carbocycles. The van der Waals surface area contributed by atoms with Crippen LogP contribution in [0.3, 0.4) is 0 Å². The summed E-state index contributed by atoms with van der Waals surface area (Å²) in [7, 11) is 0. The van der Waals surface area contributed by atoms with Crippen LogP contribution in [-0.2, 0) is 0 Å². The van der Waals surface area contributed by atoms with Crippen LogP contribution in [0.1, 0.15) is 48.9 Å². The molecule has 0 unspecified atom stereocenters. The molecule has 2 rings (SSSR count). The SMILES string of the molecule is C=C(C)c1c(SC)[nH]c(-c2cnc(N=CN)c(C)c2C)c1C(C)C. The molecule has 0 amide bonds. The molecule has 0 atom stereocenters. The van der Waals surface area contributed by atoms with E-state index in [2.05, 4.69) is 55.5 Å². The number of nitrogens with two attached hydrogens (primary N) is 1. The van der Waals surface area contributed by atoms with Gasteiger partial charge in [0.1, 0.15) is 0 Å². The van der Waals surface area contributed by atoms with E-state index in [0.717, 1.165) is 33.0 Å². The number of aromatic nitrogens is 2. The molecule has 4 nitrogen and oxygen atoms in total. The number of H-pyrrole nitrogens is 1. The van der Waals surface area contributed by atoms with Crippen molar-refractivity contribution in [1.82, 2.24) is 9.97 Å². The topological polar surface area (TPSA) is 67.1 Å². The third kappa shape index (κ3) is 3.13. The molecule has 2 heterocycles. The lowest BCUT2D eigenvalue weighted by Gasteiger charge is -2.14. The summed E-state index contributed by atoms with van der Waals surface area (Å²) >= 11 is 1.72. The molecule has 0 bridgehead atoms. The van der Waals surface area contributed by atoms with Crippen LogP contribution in [0.2, 0.25) is 0 Å². The molecule has 128 valence electrons. The Labute approximate surface area is 148 Å². The molecule has 0 aliphatic carbocycles. The van der Waals surface area contributed by atoms with Crippen molar-refractivity contribution in [2.75, 3.05) is 6.26 Å². The highest BCUT2D eigenvalue weighted by molar-refractivity contribution is 7.98. The van der Waals surface area contributed by atoms with Crippen LogP contribution in [0.4, 0.5) is 5.82 Å². The first-order valence-electron chi connectivity index (χ1n) is 7.99. The fraction of sp³-hybridized carbons (Fsp3) is 0.368. The summed E-state index contributed by atoms with van der Waals surface area (Å²) < 4.78 is 0. The number of pyridine rings is 1. The first kappa shape index (κ1) is 18.3. The Bertz CT molecular complexity index is 800. The average Bonchev–Trinajstić information content (AvgIpc) is 2.92. The second kappa shape index (κ2) is 7.26. The lowest BCUT2D eigenvalue weighted by molar-refractivity contribution is 0.866. The van der Waals surface area contributed by atoms with Crippen molar-refractivity contribution in [1.29, 1.82) is 0 Å². The minimum Gasteiger partial charge on any atom is -0.390 e. The fourth-order valence-corrected chi connectivity index (χ4v) is 3.69. The zero-order valence-corrected chi connectivity index (χ0v) is 16.1. The molecular weight excluding hydrogens is 316 g/mol. The van der Waals surface area contributed by atoms with Crippen molar-refractivity contribution < 1.29 is 0 Å². The van der Waals surface area contributed by atoms with Crippen LogP contribution in [0.5, 0.6) is 0 Å². The van der Waals surface area contributed by atoms with Gasteiger partial charge in [-0.3, -0.25) is 0 Å². The molecule has 0 spiro atoms. The van der Waals surface area contributed by atoms with Gasteiger partial charge >= 0.3 is 0 Å². The lowest BCUT2D eigenvalue weighted by Crippen LogP contribution is -1.98. The number of aromatic amines is 1. The normalized spacial score (nSPS) is 11.6. The molecule has 0 radical (unpaired) electrons. The van der Waals surface area contributed by atoms with Crippen molar-refractivity contribution >= 4 is 29.5 Å². The molecule has 0 aliphatic rings. The third-order valence-electron chi connectivity index (χ3n) is 4.30. The molecule has 2 aromatic rings. The van der Waals surface area contributed by atoms with Gasteiger partial charge in [0, 0.05) is 17.3 Å². The van der Waals surface area contributed by atoms with Crippen LogP contribution in [0.15, 0.2) is 22.8 Å². The van der Waals surface area contributed by atoms with Gasteiger partial charge in [0.05, 0.1) is 17.1 Å². The van der Waals surface area contributed by atoms with E-state index >= 15 is 0 Å². The van der Waals surface area contributed by atoms with Gasteiger partial charge in [-0.25, -0.2) is 9.98 Å². The maximum atomic E-state index is 5.42. The van der Waals surface area contributed by atoms with Crippen molar-refractivity contribution in [3.05, 3.63) is 35.0 Å². The van der Waals surface area contributed by atoms with Gasteiger partial charge in [0.15, 0.2) is 5.82 Å². The molecular formula is C19H26N4S. The Kier molecular flexibility index (Phi) is 5.54. The molecule has 2 aromatic heterocycles. The van der Waals surface area contributed by atoms with Crippen LogP contribution in [0.25, 0.3) is 16.8 Å². The van der Waals surface area contributed by atoms with Gasteiger partial charge in [0.25, 0.3) is 0 Å². The monoisotopic (exact) mass is 342 g/mol. The summed E-state index contributed by atoms with van der Waals surface area (Å²) in [6.07, 6.45) is 5.25. The highest BCUT2D eigenvalue weighted by Crippen LogP contribution is 2.41. The Morgan fingerprint density at radius 3 is 2.54 bits per heavy atom. The molecule has 0 saturated heterocycles. The standard InChI is InChI=1S/C19H26N4S/c1-10(2)15-16(11(3)4)19(24-7)23-17(15)14-8-21-18(22-9-20)13(6)12(14)5/h8-10,23H,3H2,1-2,4-7H3,(H2,20,21,22). The van der Waals surface area contributed by atoms with Gasteiger partial charge in [-0.15, -0.1) is 11.8 Å². The Hall–Kier alpha value is -2.01. The van der Waals surface area contributed by atoms with Crippen LogP contribution < -0.4 is 5.73 Å². The quantitative estimate of drug-likeness (QED) is 0.446. The van der Waals surface area contributed by atoms with Gasteiger partial charge in [-0.1, -0.05) is 20.4 Å². The summed E-state index contributed by atoms with van der Waals surface area (Å²) in [4.78, 5) is 12.2. The molecule has 0 aliphatic heterocycles. The van der Waals surface area contributed by atoms with E-state index in [1.807, 2.05) is 13.1 Å². The van der Waals surface area contributed by atoms with Crippen molar-refractivity contribution in [2.24, 2.45) is 10.7 Å². The van der Waals surface area contributed by atoms with Gasteiger partial charge < -0.3 is 10.7 Å². The number of hydrogen-bond acceptors (Lipinski definition) is 3. The van der Waals surface area contributed by atoms with Crippen LogP contribution >= 0.6 is 11.8 Å². The van der Waals surface area contributed by atoms with E-state index in [1.54, 1.807) is 11.8 Å². The maximum absolute atomic E-state index is 5.42. The highest BCUT2D eigenvalue weighted by atomic mass is 32.2. The second-order valence-corrected chi connectivity index (χ2v) is 7.10. The minimum absolute atomic E-state index is 0.380. The predicted octanol–water partition coefficient (Wildman–Crippen LogP) is 5.19. The van der Waals surface area contributed by atoms with Crippen molar-refractivity contribution in [3.8, 4) is 11.3 Å². The van der Waals surface area contributed by atoms with E-state index < -0.39 is 0 Å². The minimum atomic E-state index is 0.380. The fourth-order valence-electron chi connectivity index (χ4n) is 3.00. The number of nitrogens with zero attached hydrogens (tertiary/aromatic N) is 2. The largest absolute Gasteiger partial charge is 0.390 e. The van der Waals surface area contributed by atoms with E-state index in [1.165, 1.54) is 17.5 Å². The summed E-state index contributed by atoms with van der Waals surface area (Å²) in [6, 6.07) is 0. The maximum Gasteiger partial charge on any atom is 0.156 e. The third-order valence-corrected chi connectivity index (χ3v) is 5.01. The smallest absolute Gasteiger partial charge is 0.156 e. The molecule has 0 aromatic carbocycles. The van der Waals surface area contributed by atoms with Gasteiger partial charge in [-0.05, 0) is 55.2 Å². The van der Waals surface area contributed by atoms with Crippen LogP contribution in [-0.4, -0.2) is 22.6 Å². The summed E-state index contributed by atoms with van der Waals surface area (Å²) in [5.41, 5.74) is 13.5. The Balaban J connectivity index is 2.78. The predicted molar refractivity (Wildman–Crippen MR) is 106 cm³/mol. The van der Waals surface area contributed by atoms with E-state index in [-0.39, 0.29) is 0 Å². The lowest BCUT2D eigenvalue weighted by atomic mass is 9.91. The summed E-state index contributed by atoms with van der Waals surface area (Å²) in [6.45, 7) is 14.8. The number of aliphatic imine (C=N–C) groups is 1. The number of thioether (sulfide) groups is 1. The molecule has 3 N–H and O–H groups in total. The van der Waals surface area contributed by atoms with E-state index in [9.17, 15) is 0 Å². The van der Waals surface area contributed by atoms with Crippen LogP contribution in [0, 0.1) is 13.8 Å². The number of rotatable bonds is 5. The van der Waals surface area contributed by atoms with Gasteiger partial charge in [-0.2, -0.15) is 0 Å². The second-order valence-electron chi connectivity index (χ2n) is 6.28. The molecule has 5 heteroatoms. The van der Waals surface area contributed by atoms with Crippen molar-refractivity contribution in [2.45, 2.75) is 45.6 Å². The Morgan fingerprint density at radius 1 is 1.38 bits per heavy atom. The summed E-state index contributed by atoms with van der Waals surface area (Å²) in [5, 5.41) is 1.15. The number of nitrogens with one attached hydrogen (secondary N) is 1. The molecule has 0 fully saturated rings. The van der Waals surface area contributed by atoms with E-state index in [0.29, 0.717) is 11.7 Å². The first-order chi connectivity index (χ1) is 11.3.